The van der Waals surface area contributed by atoms with Crippen LogP contribution in [0.5, 0.6) is 0 Å². The zero-order valence-corrected chi connectivity index (χ0v) is 13.6. The van der Waals surface area contributed by atoms with Crippen molar-refractivity contribution in [1.29, 1.82) is 0 Å². The van der Waals surface area contributed by atoms with E-state index in [2.05, 4.69) is 36.2 Å². The molecule has 114 valence electrons. The Hall–Kier alpha value is -1.81. The van der Waals surface area contributed by atoms with Crippen LogP contribution < -0.4 is 0 Å². The van der Waals surface area contributed by atoms with Crippen molar-refractivity contribution in [2.24, 2.45) is 0 Å². The Balaban J connectivity index is 1.57. The maximum Gasteiger partial charge on any atom is 0.272 e. The third kappa shape index (κ3) is 3.50. The highest BCUT2D eigenvalue weighted by atomic mass is 32.2. The minimum Gasteiger partial charge on any atom is -0.337 e. The number of aryl methyl sites for hydroxylation is 1. The first-order chi connectivity index (χ1) is 10.7. The predicted octanol–water partition coefficient (Wildman–Crippen LogP) is 3.79. The fourth-order valence-corrected chi connectivity index (χ4v) is 3.91. The minimum atomic E-state index is 0.0555. The van der Waals surface area contributed by atoms with Crippen LogP contribution in [0.1, 0.15) is 28.9 Å². The molecule has 2 heterocycles. The van der Waals surface area contributed by atoms with Crippen LogP contribution in [0.3, 0.4) is 0 Å². The van der Waals surface area contributed by atoms with Crippen LogP contribution in [0, 0.1) is 6.92 Å². The Labute approximate surface area is 135 Å². The zero-order valence-electron chi connectivity index (χ0n) is 12.7. The van der Waals surface area contributed by atoms with E-state index in [-0.39, 0.29) is 5.91 Å². The summed E-state index contributed by atoms with van der Waals surface area (Å²) in [4.78, 5) is 19.8. The Bertz CT molecular complexity index is 637. The summed E-state index contributed by atoms with van der Waals surface area (Å²) < 4.78 is 0. The molecule has 1 amide bonds. The van der Waals surface area contributed by atoms with E-state index in [1.807, 2.05) is 28.8 Å². The lowest BCUT2D eigenvalue weighted by molar-refractivity contribution is 0.0721. The topological polar surface area (TPSA) is 33.2 Å². The Kier molecular flexibility index (Phi) is 4.78. The molecule has 0 radical (unpaired) electrons. The van der Waals surface area contributed by atoms with Gasteiger partial charge in [0.15, 0.2) is 0 Å². The number of aromatic nitrogens is 1. The maximum absolute atomic E-state index is 12.4. The van der Waals surface area contributed by atoms with Crippen LogP contribution in [0.25, 0.3) is 0 Å². The molecular formula is C18H20N2OS. The predicted molar refractivity (Wildman–Crippen MR) is 90.2 cm³/mol. The molecule has 1 fully saturated rings. The number of thioether (sulfide) groups is 1. The second kappa shape index (κ2) is 6.97. The minimum absolute atomic E-state index is 0.0555. The van der Waals surface area contributed by atoms with Gasteiger partial charge in [-0.05, 0) is 43.5 Å². The number of piperidine rings is 1. The first kappa shape index (κ1) is 15.1. The Morgan fingerprint density at radius 1 is 1.14 bits per heavy atom. The van der Waals surface area contributed by atoms with Crippen LogP contribution in [0.4, 0.5) is 0 Å². The number of hydrogen-bond acceptors (Lipinski definition) is 3. The summed E-state index contributed by atoms with van der Waals surface area (Å²) in [7, 11) is 0. The standard InChI is InChI=1S/C18H20N2OS/c1-14-6-2-3-8-17(14)22-15-9-12-20(13-10-15)18(21)16-7-4-5-11-19-16/h2-8,11,15H,9-10,12-13H2,1H3. The van der Waals surface area contributed by atoms with Gasteiger partial charge in [0, 0.05) is 29.4 Å². The quantitative estimate of drug-likeness (QED) is 0.864. The highest BCUT2D eigenvalue weighted by Crippen LogP contribution is 2.32. The molecule has 1 aliphatic rings. The number of carbonyl (C=O) groups is 1. The number of pyridine rings is 1. The van der Waals surface area contributed by atoms with Gasteiger partial charge < -0.3 is 4.90 Å². The molecule has 1 aliphatic heterocycles. The maximum atomic E-state index is 12.4. The molecule has 2 aromatic rings. The van der Waals surface area contributed by atoms with Crippen molar-refractivity contribution in [3.8, 4) is 0 Å². The number of likely N-dealkylation sites (tertiary alicyclic amines) is 1. The molecule has 0 bridgehead atoms. The zero-order chi connectivity index (χ0) is 15.4. The summed E-state index contributed by atoms with van der Waals surface area (Å²) in [6.45, 7) is 3.79. The summed E-state index contributed by atoms with van der Waals surface area (Å²) in [6, 6.07) is 14.0. The normalized spacial score (nSPS) is 15.8. The molecule has 3 rings (SSSR count). The number of nitrogens with zero attached hydrogens (tertiary/aromatic N) is 2. The smallest absolute Gasteiger partial charge is 0.272 e. The van der Waals surface area contributed by atoms with E-state index in [0.717, 1.165) is 25.9 Å². The molecule has 0 unspecified atom stereocenters. The summed E-state index contributed by atoms with van der Waals surface area (Å²) in [5.41, 5.74) is 1.88. The van der Waals surface area contributed by atoms with Crippen molar-refractivity contribution >= 4 is 17.7 Å². The van der Waals surface area contributed by atoms with Crippen molar-refractivity contribution in [3.63, 3.8) is 0 Å². The molecule has 1 saturated heterocycles. The van der Waals surface area contributed by atoms with Gasteiger partial charge in [0.05, 0.1) is 0 Å². The van der Waals surface area contributed by atoms with Crippen LogP contribution >= 0.6 is 11.8 Å². The first-order valence-corrected chi connectivity index (χ1v) is 8.54. The third-order valence-corrected chi connectivity index (χ3v) is 5.52. The molecule has 0 aliphatic carbocycles. The molecule has 1 aromatic heterocycles. The van der Waals surface area contributed by atoms with E-state index in [1.54, 1.807) is 12.3 Å². The summed E-state index contributed by atoms with van der Waals surface area (Å²) >= 11 is 1.95. The number of carbonyl (C=O) groups excluding carboxylic acids is 1. The lowest BCUT2D eigenvalue weighted by Gasteiger charge is -2.31. The average molecular weight is 312 g/mol. The van der Waals surface area contributed by atoms with E-state index in [4.69, 9.17) is 0 Å². The van der Waals surface area contributed by atoms with Crippen molar-refractivity contribution in [2.45, 2.75) is 29.9 Å². The van der Waals surface area contributed by atoms with Crippen molar-refractivity contribution < 1.29 is 4.79 Å². The van der Waals surface area contributed by atoms with Crippen LogP contribution in [0.2, 0.25) is 0 Å². The monoisotopic (exact) mass is 312 g/mol. The third-order valence-electron chi connectivity index (χ3n) is 4.00. The van der Waals surface area contributed by atoms with Gasteiger partial charge in [-0.15, -0.1) is 11.8 Å². The summed E-state index contributed by atoms with van der Waals surface area (Å²) in [5.74, 6) is 0.0555. The van der Waals surface area contributed by atoms with E-state index >= 15 is 0 Å². The largest absolute Gasteiger partial charge is 0.337 e. The average Bonchev–Trinajstić information content (AvgIpc) is 2.58. The van der Waals surface area contributed by atoms with E-state index in [0.29, 0.717) is 10.9 Å². The van der Waals surface area contributed by atoms with Crippen LogP contribution in [-0.4, -0.2) is 34.1 Å². The second-order valence-corrected chi connectivity index (χ2v) is 6.93. The molecule has 0 atom stereocenters. The lowest BCUT2D eigenvalue weighted by atomic mass is 10.1. The molecular weight excluding hydrogens is 292 g/mol. The van der Waals surface area contributed by atoms with Crippen molar-refractivity contribution in [3.05, 3.63) is 59.9 Å². The second-order valence-electron chi connectivity index (χ2n) is 5.59. The van der Waals surface area contributed by atoms with Crippen molar-refractivity contribution in [2.75, 3.05) is 13.1 Å². The van der Waals surface area contributed by atoms with E-state index < -0.39 is 0 Å². The lowest BCUT2D eigenvalue weighted by Crippen LogP contribution is -2.39. The SMILES string of the molecule is Cc1ccccc1SC1CCN(C(=O)c2ccccn2)CC1. The fraction of sp³-hybridized carbons (Fsp3) is 0.333. The number of rotatable bonds is 3. The molecule has 22 heavy (non-hydrogen) atoms. The van der Waals surface area contributed by atoms with Gasteiger partial charge >= 0.3 is 0 Å². The Morgan fingerprint density at radius 2 is 1.86 bits per heavy atom. The summed E-state index contributed by atoms with van der Waals surface area (Å²) in [5, 5.41) is 0.592. The highest BCUT2D eigenvalue weighted by molar-refractivity contribution is 8.00. The number of amides is 1. The first-order valence-electron chi connectivity index (χ1n) is 7.66. The molecule has 1 aromatic carbocycles. The molecule has 0 N–H and O–H groups in total. The molecule has 4 heteroatoms. The van der Waals surface area contributed by atoms with Gasteiger partial charge in [-0.2, -0.15) is 0 Å². The molecule has 0 spiro atoms. The van der Waals surface area contributed by atoms with Gasteiger partial charge in [0.2, 0.25) is 0 Å². The Morgan fingerprint density at radius 3 is 2.55 bits per heavy atom. The van der Waals surface area contributed by atoms with Gasteiger partial charge in [-0.3, -0.25) is 9.78 Å². The van der Waals surface area contributed by atoms with Gasteiger partial charge in [-0.1, -0.05) is 24.3 Å². The number of benzene rings is 1. The fourth-order valence-electron chi connectivity index (χ4n) is 2.70. The molecule has 0 saturated carbocycles. The summed E-state index contributed by atoms with van der Waals surface area (Å²) in [6.07, 6.45) is 3.75. The highest BCUT2D eigenvalue weighted by Gasteiger charge is 2.24. The van der Waals surface area contributed by atoms with E-state index in [1.165, 1.54) is 10.5 Å². The van der Waals surface area contributed by atoms with Crippen molar-refractivity contribution in [1.82, 2.24) is 9.88 Å². The van der Waals surface area contributed by atoms with E-state index in [9.17, 15) is 4.79 Å². The van der Waals surface area contributed by atoms with Gasteiger partial charge in [0.1, 0.15) is 5.69 Å². The van der Waals surface area contributed by atoms with Gasteiger partial charge in [0.25, 0.3) is 5.91 Å². The van der Waals surface area contributed by atoms with Crippen LogP contribution in [-0.2, 0) is 0 Å². The van der Waals surface area contributed by atoms with Crippen LogP contribution in [0.15, 0.2) is 53.6 Å². The molecule has 3 nitrogen and oxygen atoms in total. The van der Waals surface area contributed by atoms with Gasteiger partial charge in [-0.25, -0.2) is 0 Å². The number of hydrogen-bond donors (Lipinski definition) is 0.